The Morgan fingerprint density at radius 2 is 2.09 bits per heavy atom. The molecule has 0 spiro atoms. The summed E-state index contributed by atoms with van der Waals surface area (Å²) in [5, 5.41) is 9.32. The molecule has 0 aliphatic rings. The Hall–Kier alpha value is -0.640. The minimum Gasteiger partial charge on any atom is -0.506 e. The second-order valence-electron chi connectivity index (χ2n) is 1.81. The van der Waals surface area contributed by atoms with Crippen LogP contribution in [0, 0.1) is 0 Å². The zero-order valence-electron chi connectivity index (χ0n) is 5.54. The lowest BCUT2D eigenvalue weighted by Gasteiger charge is -2.00. The Balaban J connectivity index is 0.000001000. The molecule has 0 unspecified atom stereocenters. The minimum absolute atomic E-state index is 0. The predicted molar refractivity (Wildman–Crippen MR) is 48.2 cm³/mol. The first-order chi connectivity index (χ1) is 4.74. The van der Waals surface area contributed by atoms with Crippen LogP contribution in [0.5, 0.6) is 5.75 Å². The maximum Gasteiger partial charge on any atom is 0.136 e. The number of phenolic OH excluding ortho intramolecular Hbond substituents is 1. The van der Waals surface area contributed by atoms with Gasteiger partial charge in [-0.2, -0.15) is 0 Å². The molecular weight excluding hydrogens is 187 g/mol. The van der Waals surface area contributed by atoms with E-state index < -0.39 is 0 Å². The number of halogens is 2. The summed E-state index contributed by atoms with van der Waals surface area (Å²) < 4.78 is 0. The van der Waals surface area contributed by atoms with E-state index in [9.17, 15) is 0 Å². The number of aromatic hydroxyl groups is 1. The van der Waals surface area contributed by atoms with Crippen LogP contribution in [0.2, 0.25) is 5.02 Å². The highest BCUT2D eigenvalue weighted by molar-refractivity contribution is 6.32. The number of nitrogen functional groups attached to an aromatic ring is 1. The van der Waals surface area contributed by atoms with Crippen molar-refractivity contribution in [1.29, 1.82) is 0 Å². The molecule has 5 heteroatoms. The highest BCUT2D eigenvalue weighted by Gasteiger charge is 1.96. The second kappa shape index (κ2) is 4.28. The molecule has 0 aromatic heterocycles. The maximum absolute atomic E-state index is 9.00. The van der Waals surface area contributed by atoms with E-state index in [4.69, 9.17) is 22.6 Å². The predicted octanol–water partition coefficient (Wildman–Crippen LogP) is 1.75. The Morgan fingerprint density at radius 1 is 1.45 bits per heavy atom. The number of anilines is 1. The number of nitrogens with one attached hydrogen (secondary N) is 1. The van der Waals surface area contributed by atoms with E-state index in [0.717, 1.165) is 0 Å². The molecule has 62 valence electrons. The molecular formula is C6H8Cl2N2O. The van der Waals surface area contributed by atoms with Crippen molar-refractivity contribution in [3.8, 4) is 5.75 Å². The SMILES string of the molecule is Cl.NNc1ccc(Cl)c(O)c1. The van der Waals surface area contributed by atoms with E-state index in [1.54, 1.807) is 12.1 Å². The molecule has 0 radical (unpaired) electrons. The van der Waals surface area contributed by atoms with Crippen molar-refractivity contribution >= 4 is 29.7 Å². The fourth-order valence-electron chi connectivity index (χ4n) is 0.602. The first-order valence-electron chi connectivity index (χ1n) is 2.69. The molecule has 1 aromatic rings. The number of hydrogen-bond donors (Lipinski definition) is 3. The molecule has 0 bridgehead atoms. The van der Waals surface area contributed by atoms with Gasteiger partial charge in [-0.25, -0.2) is 0 Å². The fraction of sp³-hybridized carbons (Fsp3) is 0. The molecule has 4 N–H and O–H groups in total. The van der Waals surface area contributed by atoms with Gasteiger partial charge in [0.1, 0.15) is 5.75 Å². The van der Waals surface area contributed by atoms with Crippen molar-refractivity contribution in [2.45, 2.75) is 0 Å². The van der Waals surface area contributed by atoms with Gasteiger partial charge in [0.15, 0.2) is 0 Å². The zero-order chi connectivity index (χ0) is 7.56. The molecule has 0 amide bonds. The number of hydrazine groups is 1. The van der Waals surface area contributed by atoms with E-state index in [1.807, 2.05) is 0 Å². The van der Waals surface area contributed by atoms with Gasteiger partial charge in [0.05, 0.1) is 10.7 Å². The maximum atomic E-state index is 9.00. The summed E-state index contributed by atoms with van der Waals surface area (Å²) in [7, 11) is 0. The van der Waals surface area contributed by atoms with Crippen LogP contribution in [-0.4, -0.2) is 5.11 Å². The van der Waals surface area contributed by atoms with Crippen LogP contribution in [0.15, 0.2) is 18.2 Å². The van der Waals surface area contributed by atoms with Gasteiger partial charge in [-0.15, -0.1) is 12.4 Å². The van der Waals surface area contributed by atoms with Crippen LogP contribution in [0.25, 0.3) is 0 Å². The Bertz CT molecular complexity index is 242. The molecule has 0 fully saturated rings. The summed E-state index contributed by atoms with van der Waals surface area (Å²) in [6, 6.07) is 4.68. The van der Waals surface area contributed by atoms with Crippen LogP contribution in [0.1, 0.15) is 0 Å². The summed E-state index contributed by atoms with van der Waals surface area (Å²) in [4.78, 5) is 0. The van der Waals surface area contributed by atoms with Crippen LogP contribution in [0.3, 0.4) is 0 Å². The standard InChI is InChI=1S/C6H7ClN2O.ClH/c7-5-2-1-4(9-8)3-6(5)10;/h1-3,9-10H,8H2;1H. The van der Waals surface area contributed by atoms with Gasteiger partial charge in [-0.1, -0.05) is 11.6 Å². The highest BCUT2D eigenvalue weighted by atomic mass is 35.5. The highest BCUT2D eigenvalue weighted by Crippen LogP contribution is 2.25. The monoisotopic (exact) mass is 194 g/mol. The summed E-state index contributed by atoms with van der Waals surface area (Å²) >= 11 is 5.52. The van der Waals surface area contributed by atoms with E-state index in [0.29, 0.717) is 10.7 Å². The van der Waals surface area contributed by atoms with Crippen molar-refractivity contribution in [2.24, 2.45) is 5.84 Å². The molecule has 0 saturated heterocycles. The van der Waals surface area contributed by atoms with Crippen molar-refractivity contribution in [1.82, 2.24) is 0 Å². The van der Waals surface area contributed by atoms with Crippen LogP contribution < -0.4 is 11.3 Å². The van der Waals surface area contributed by atoms with Gasteiger partial charge in [-0.05, 0) is 12.1 Å². The molecule has 0 aliphatic carbocycles. The molecule has 0 aliphatic heterocycles. The number of nitrogens with two attached hydrogens (primary N) is 1. The van der Waals surface area contributed by atoms with E-state index >= 15 is 0 Å². The first kappa shape index (κ1) is 10.4. The molecule has 0 atom stereocenters. The van der Waals surface area contributed by atoms with Crippen molar-refractivity contribution in [2.75, 3.05) is 5.43 Å². The number of hydrogen-bond acceptors (Lipinski definition) is 3. The number of rotatable bonds is 1. The third kappa shape index (κ3) is 2.46. The van der Waals surface area contributed by atoms with Gasteiger partial charge >= 0.3 is 0 Å². The Morgan fingerprint density at radius 3 is 2.55 bits per heavy atom. The van der Waals surface area contributed by atoms with Gasteiger partial charge < -0.3 is 10.5 Å². The zero-order valence-corrected chi connectivity index (χ0v) is 7.12. The van der Waals surface area contributed by atoms with Gasteiger partial charge in [-0.3, -0.25) is 5.84 Å². The molecule has 1 rings (SSSR count). The quantitative estimate of drug-likeness (QED) is 0.472. The average Bonchev–Trinajstić information content (AvgIpc) is 1.95. The van der Waals surface area contributed by atoms with E-state index in [-0.39, 0.29) is 18.2 Å². The smallest absolute Gasteiger partial charge is 0.136 e. The van der Waals surface area contributed by atoms with Crippen molar-refractivity contribution in [3.63, 3.8) is 0 Å². The number of phenols is 1. The average molecular weight is 195 g/mol. The molecule has 0 heterocycles. The third-order valence-electron chi connectivity index (χ3n) is 1.11. The van der Waals surface area contributed by atoms with Crippen LogP contribution >= 0.6 is 24.0 Å². The number of benzene rings is 1. The summed E-state index contributed by atoms with van der Waals surface area (Å²) in [5.41, 5.74) is 3.00. The van der Waals surface area contributed by atoms with Gasteiger partial charge in [0.2, 0.25) is 0 Å². The summed E-state index contributed by atoms with van der Waals surface area (Å²) in [6.07, 6.45) is 0. The molecule has 0 saturated carbocycles. The van der Waals surface area contributed by atoms with Gasteiger partial charge in [0.25, 0.3) is 0 Å². The van der Waals surface area contributed by atoms with Crippen molar-refractivity contribution in [3.05, 3.63) is 23.2 Å². The minimum atomic E-state index is 0. The lowest BCUT2D eigenvalue weighted by Crippen LogP contribution is -2.05. The normalized spacial score (nSPS) is 8.55. The van der Waals surface area contributed by atoms with Crippen LogP contribution in [0.4, 0.5) is 5.69 Å². The first-order valence-corrected chi connectivity index (χ1v) is 3.07. The molecule has 1 aromatic carbocycles. The second-order valence-corrected chi connectivity index (χ2v) is 2.22. The lowest BCUT2D eigenvalue weighted by atomic mass is 10.3. The largest absolute Gasteiger partial charge is 0.506 e. The third-order valence-corrected chi connectivity index (χ3v) is 1.43. The lowest BCUT2D eigenvalue weighted by molar-refractivity contribution is 0.476. The van der Waals surface area contributed by atoms with E-state index in [1.165, 1.54) is 6.07 Å². The molecule has 11 heavy (non-hydrogen) atoms. The Kier molecular flexibility index (Phi) is 4.03. The van der Waals surface area contributed by atoms with E-state index in [2.05, 4.69) is 5.43 Å². The summed E-state index contributed by atoms with van der Waals surface area (Å²) in [6.45, 7) is 0. The van der Waals surface area contributed by atoms with Crippen LogP contribution in [-0.2, 0) is 0 Å². The van der Waals surface area contributed by atoms with Gasteiger partial charge in [0, 0.05) is 6.07 Å². The molecule has 3 nitrogen and oxygen atoms in total. The summed E-state index contributed by atoms with van der Waals surface area (Å²) in [5.74, 6) is 5.09. The van der Waals surface area contributed by atoms with Crippen molar-refractivity contribution < 1.29 is 5.11 Å². The fourth-order valence-corrected chi connectivity index (χ4v) is 0.720. The topological polar surface area (TPSA) is 58.3 Å². The Labute approximate surface area is 75.5 Å².